The van der Waals surface area contributed by atoms with Crippen molar-refractivity contribution in [2.75, 3.05) is 6.61 Å². The summed E-state index contributed by atoms with van der Waals surface area (Å²) in [5.74, 6) is 0.221. The number of benzene rings is 1. The van der Waals surface area contributed by atoms with Crippen LogP contribution in [-0.2, 0) is 14.3 Å². The van der Waals surface area contributed by atoms with Gasteiger partial charge in [0.1, 0.15) is 6.10 Å². The molecule has 0 saturated heterocycles. The van der Waals surface area contributed by atoms with E-state index in [1.807, 2.05) is 6.07 Å². The van der Waals surface area contributed by atoms with Crippen LogP contribution in [0.3, 0.4) is 0 Å². The molecule has 1 saturated carbocycles. The maximum absolute atomic E-state index is 12.0. The molecule has 2 aliphatic rings. The van der Waals surface area contributed by atoms with Crippen molar-refractivity contribution in [2.45, 2.75) is 38.0 Å². The number of nitrogens with one attached hydrogen (secondary N) is 1. The number of carbonyl (C=O) groups excluding carboxylic acids is 2. The molecule has 1 aliphatic carbocycles. The number of hydrogen-bond acceptors (Lipinski definition) is 5. The number of carbonyl (C=O) groups is 2. The van der Waals surface area contributed by atoms with E-state index in [2.05, 4.69) is 5.32 Å². The molecule has 0 unspecified atom stereocenters. The van der Waals surface area contributed by atoms with Crippen molar-refractivity contribution in [3.63, 3.8) is 0 Å². The third-order valence-electron chi connectivity index (χ3n) is 3.36. The minimum absolute atomic E-state index is 0.247. The molecule has 21 heavy (non-hydrogen) atoms. The van der Waals surface area contributed by atoms with Crippen LogP contribution < -0.4 is 14.8 Å². The Hall–Kier alpha value is -2.24. The highest BCUT2D eigenvalue weighted by Crippen LogP contribution is 2.33. The molecule has 1 N–H and O–H groups in total. The van der Waals surface area contributed by atoms with Crippen LogP contribution in [0.5, 0.6) is 11.5 Å². The van der Waals surface area contributed by atoms with Crippen LogP contribution in [0.2, 0.25) is 0 Å². The summed E-state index contributed by atoms with van der Waals surface area (Å²) in [6.07, 6.45) is 0.646. The third kappa shape index (κ3) is 3.26. The number of para-hydroxylation sites is 2. The van der Waals surface area contributed by atoms with Crippen LogP contribution in [0.25, 0.3) is 0 Å². The summed E-state index contributed by atoms with van der Waals surface area (Å²) >= 11 is 0. The van der Waals surface area contributed by atoms with Crippen LogP contribution in [0.4, 0.5) is 0 Å². The number of hydrogen-bond donors (Lipinski definition) is 1. The Morgan fingerprint density at radius 1 is 1.24 bits per heavy atom. The second-order valence-corrected chi connectivity index (χ2v) is 5.26. The Morgan fingerprint density at radius 3 is 2.57 bits per heavy atom. The van der Waals surface area contributed by atoms with Crippen molar-refractivity contribution < 1.29 is 23.8 Å². The van der Waals surface area contributed by atoms with Gasteiger partial charge in [0.2, 0.25) is 6.10 Å². The van der Waals surface area contributed by atoms with E-state index < -0.39 is 18.2 Å². The lowest BCUT2D eigenvalue weighted by Gasteiger charge is -2.30. The summed E-state index contributed by atoms with van der Waals surface area (Å²) in [5.41, 5.74) is 0. The number of amides is 1. The van der Waals surface area contributed by atoms with Gasteiger partial charge in [-0.3, -0.25) is 4.79 Å². The van der Waals surface area contributed by atoms with Gasteiger partial charge in [-0.25, -0.2) is 4.79 Å². The van der Waals surface area contributed by atoms with Crippen molar-refractivity contribution in [1.29, 1.82) is 0 Å². The van der Waals surface area contributed by atoms with Gasteiger partial charge in [-0.05, 0) is 31.9 Å². The van der Waals surface area contributed by atoms with Gasteiger partial charge in [0.15, 0.2) is 18.1 Å². The summed E-state index contributed by atoms with van der Waals surface area (Å²) in [6, 6.07) is 7.37. The van der Waals surface area contributed by atoms with Gasteiger partial charge in [0.05, 0.1) is 0 Å². The first-order valence-electron chi connectivity index (χ1n) is 7.02. The molecule has 1 fully saturated rings. The van der Waals surface area contributed by atoms with E-state index in [1.54, 1.807) is 25.1 Å². The molecule has 0 bridgehead atoms. The molecule has 112 valence electrons. The molecule has 1 heterocycles. The lowest BCUT2D eigenvalue weighted by molar-refractivity contribution is -0.160. The highest BCUT2D eigenvalue weighted by molar-refractivity contribution is 5.83. The highest BCUT2D eigenvalue weighted by atomic mass is 16.6. The lowest BCUT2D eigenvalue weighted by Crippen LogP contribution is -2.45. The monoisotopic (exact) mass is 291 g/mol. The Kier molecular flexibility index (Phi) is 3.68. The van der Waals surface area contributed by atoms with Crippen LogP contribution in [0.1, 0.15) is 19.8 Å². The van der Waals surface area contributed by atoms with Crippen LogP contribution in [-0.4, -0.2) is 36.7 Å². The molecule has 6 heteroatoms. The molecule has 2 atom stereocenters. The first kappa shape index (κ1) is 13.7. The quantitative estimate of drug-likeness (QED) is 0.839. The standard InChI is InChI=1S/C15H17NO5/c1-9-14(21-12-5-3-2-4-11(12)20-9)15(18)19-8-13(17)16-10-6-7-10/h2-5,9-10,14H,6-8H2,1H3,(H,16,17)/t9-,14+/m1/s1. The van der Waals surface area contributed by atoms with Gasteiger partial charge in [-0.15, -0.1) is 0 Å². The Balaban J connectivity index is 1.55. The van der Waals surface area contributed by atoms with Crippen LogP contribution >= 0.6 is 0 Å². The zero-order valence-electron chi connectivity index (χ0n) is 11.7. The predicted molar refractivity (Wildman–Crippen MR) is 73.1 cm³/mol. The molecule has 1 amide bonds. The minimum Gasteiger partial charge on any atom is -0.482 e. The van der Waals surface area contributed by atoms with Gasteiger partial charge in [-0.2, -0.15) is 0 Å². The van der Waals surface area contributed by atoms with Gasteiger partial charge < -0.3 is 19.5 Å². The number of esters is 1. The number of rotatable bonds is 4. The zero-order valence-corrected chi connectivity index (χ0v) is 11.7. The van der Waals surface area contributed by atoms with E-state index in [1.165, 1.54) is 0 Å². The van der Waals surface area contributed by atoms with E-state index in [9.17, 15) is 9.59 Å². The van der Waals surface area contributed by atoms with Gasteiger partial charge in [-0.1, -0.05) is 12.1 Å². The van der Waals surface area contributed by atoms with Crippen molar-refractivity contribution in [3.05, 3.63) is 24.3 Å². The first-order valence-corrected chi connectivity index (χ1v) is 7.02. The average molecular weight is 291 g/mol. The van der Waals surface area contributed by atoms with Gasteiger partial charge in [0, 0.05) is 6.04 Å². The Morgan fingerprint density at radius 2 is 1.90 bits per heavy atom. The lowest BCUT2D eigenvalue weighted by atomic mass is 10.2. The molecule has 3 rings (SSSR count). The highest BCUT2D eigenvalue weighted by Gasteiger charge is 2.35. The van der Waals surface area contributed by atoms with E-state index in [-0.39, 0.29) is 18.6 Å². The maximum atomic E-state index is 12.0. The zero-order chi connectivity index (χ0) is 14.8. The molecule has 0 radical (unpaired) electrons. The molecule has 0 spiro atoms. The number of fused-ring (bicyclic) bond motifs is 1. The molecule has 1 aliphatic heterocycles. The fourth-order valence-electron chi connectivity index (χ4n) is 2.10. The molecular formula is C15H17NO5. The van der Waals surface area contributed by atoms with Crippen LogP contribution in [0, 0.1) is 0 Å². The fourth-order valence-corrected chi connectivity index (χ4v) is 2.10. The largest absolute Gasteiger partial charge is 0.482 e. The molecule has 0 aromatic heterocycles. The van der Waals surface area contributed by atoms with Gasteiger partial charge >= 0.3 is 5.97 Å². The smallest absolute Gasteiger partial charge is 0.351 e. The molecule has 1 aromatic rings. The van der Waals surface area contributed by atoms with Gasteiger partial charge in [0.25, 0.3) is 5.91 Å². The molecule has 1 aromatic carbocycles. The second kappa shape index (κ2) is 5.63. The Bertz CT molecular complexity index is 555. The maximum Gasteiger partial charge on any atom is 0.351 e. The van der Waals surface area contributed by atoms with Crippen molar-refractivity contribution in [1.82, 2.24) is 5.32 Å². The van der Waals surface area contributed by atoms with Crippen molar-refractivity contribution >= 4 is 11.9 Å². The summed E-state index contributed by atoms with van der Waals surface area (Å²) in [4.78, 5) is 23.5. The van der Waals surface area contributed by atoms with E-state index >= 15 is 0 Å². The summed E-state index contributed by atoms with van der Waals surface area (Å²) < 4.78 is 16.2. The summed E-state index contributed by atoms with van der Waals surface area (Å²) in [7, 11) is 0. The second-order valence-electron chi connectivity index (χ2n) is 5.26. The molecular weight excluding hydrogens is 274 g/mol. The first-order chi connectivity index (χ1) is 10.1. The number of ether oxygens (including phenoxy) is 3. The average Bonchev–Trinajstić information content (AvgIpc) is 3.28. The van der Waals surface area contributed by atoms with E-state index in [4.69, 9.17) is 14.2 Å². The minimum atomic E-state index is -0.867. The normalized spacial score (nSPS) is 23.3. The summed E-state index contributed by atoms with van der Waals surface area (Å²) in [5, 5.41) is 2.75. The third-order valence-corrected chi connectivity index (χ3v) is 3.36. The van der Waals surface area contributed by atoms with E-state index in [0.29, 0.717) is 11.5 Å². The SMILES string of the molecule is C[C@H]1Oc2ccccc2O[C@@H]1C(=O)OCC(=O)NC1CC1. The molecule has 6 nitrogen and oxygen atoms in total. The summed E-state index contributed by atoms with van der Waals surface area (Å²) in [6.45, 7) is 1.44. The van der Waals surface area contributed by atoms with Crippen molar-refractivity contribution in [3.8, 4) is 11.5 Å². The van der Waals surface area contributed by atoms with E-state index in [0.717, 1.165) is 12.8 Å². The predicted octanol–water partition coefficient (Wildman–Crippen LogP) is 1.04. The fraction of sp³-hybridized carbons (Fsp3) is 0.467. The van der Waals surface area contributed by atoms with Crippen LogP contribution in [0.15, 0.2) is 24.3 Å². The topological polar surface area (TPSA) is 73.9 Å². The Labute approximate surface area is 122 Å². The van der Waals surface area contributed by atoms with Crippen molar-refractivity contribution in [2.24, 2.45) is 0 Å².